The van der Waals surface area contributed by atoms with Crippen molar-refractivity contribution in [2.45, 2.75) is 85.0 Å². The van der Waals surface area contributed by atoms with Gasteiger partial charge in [-0.05, 0) is 60.3 Å². The summed E-state index contributed by atoms with van der Waals surface area (Å²) < 4.78 is 8.57. The van der Waals surface area contributed by atoms with Gasteiger partial charge in [-0.25, -0.2) is 4.98 Å². The Morgan fingerprint density at radius 2 is 1.68 bits per heavy atom. The maximum absolute atomic E-state index is 6.34. The van der Waals surface area contributed by atoms with Gasteiger partial charge in [0.1, 0.15) is 0 Å². The van der Waals surface area contributed by atoms with Gasteiger partial charge in [-0.2, -0.15) is 0 Å². The summed E-state index contributed by atoms with van der Waals surface area (Å²) in [7, 11) is -1.34. The Balaban J connectivity index is 0.000000188. The van der Waals surface area contributed by atoms with E-state index in [1.165, 1.54) is 36.4 Å². The summed E-state index contributed by atoms with van der Waals surface area (Å²) in [5.74, 6) is 2.20. The fourth-order valence-corrected chi connectivity index (χ4v) is 8.99. The van der Waals surface area contributed by atoms with E-state index in [0.717, 1.165) is 80.3 Å². The van der Waals surface area contributed by atoms with Crippen molar-refractivity contribution in [1.29, 1.82) is 0 Å². The number of nitrogens with zero attached hydrogens (tertiary/aromatic N) is 4. The second kappa shape index (κ2) is 15.1. The standard InChI is InChI=1S/C26H24N3O.C17H22NSi.Ir/c1-2-29-23-13-6-5-12-22(23)28-25(29)21-11-7-10-19-20-15-14-18(16-17-8-3-4-9-17)27-26(20)30-24(19)21;1-13(2)15-11-16(14-9-7-6-8-10-14)18-12-17(15)19(3,4)5;/h5-7,10,12-15,17H,2-4,8-9,16H2,1H3;6-9,11-13H,1-5H3;/q2*-1;. The van der Waals surface area contributed by atoms with Crippen LogP contribution in [0.4, 0.5) is 0 Å². The SMILES string of the molecule is CC(C)c1cc(-c2[c-]cccc2)ncc1[Si](C)(C)C.CCn1c(-c2[c-]ccc3c2oc2nc(CC4CCCC4)ccc23)nc2ccccc21.[Ir]. The quantitative estimate of drug-likeness (QED) is 0.118. The van der Waals surface area contributed by atoms with Crippen LogP contribution in [0.1, 0.15) is 63.6 Å². The van der Waals surface area contributed by atoms with Gasteiger partial charge in [0.25, 0.3) is 0 Å². The van der Waals surface area contributed by atoms with Crippen LogP contribution in [0, 0.1) is 18.1 Å². The van der Waals surface area contributed by atoms with Crippen molar-refractivity contribution in [2.75, 3.05) is 0 Å². The molecule has 0 amide bonds. The average molecular weight is 855 g/mol. The van der Waals surface area contributed by atoms with Crippen molar-refractivity contribution >= 4 is 46.4 Å². The Kier molecular flexibility index (Phi) is 10.9. The number of hydrogen-bond acceptors (Lipinski definition) is 4. The van der Waals surface area contributed by atoms with Gasteiger partial charge >= 0.3 is 0 Å². The first-order valence-electron chi connectivity index (χ1n) is 17.9. The molecular weight excluding hydrogens is 809 g/mol. The molecule has 7 heteroatoms. The summed E-state index contributed by atoms with van der Waals surface area (Å²) in [4.78, 5) is 14.5. The molecule has 1 saturated carbocycles. The largest absolute Gasteiger partial charge is 0.486 e. The molecule has 1 fully saturated rings. The van der Waals surface area contributed by atoms with Crippen LogP contribution in [0.25, 0.3) is 55.7 Å². The molecule has 0 N–H and O–H groups in total. The summed E-state index contributed by atoms with van der Waals surface area (Å²) in [6.45, 7) is 14.6. The number of hydrogen-bond donors (Lipinski definition) is 0. The summed E-state index contributed by atoms with van der Waals surface area (Å²) in [6.07, 6.45) is 8.51. The second-order valence-corrected chi connectivity index (χ2v) is 19.8. The molecule has 1 radical (unpaired) electrons. The summed E-state index contributed by atoms with van der Waals surface area (Å²) in [5.41, 5.74) is 9.27. The van der Waals surface area contributed by atoms with Crippen LogP contribution < -0.4 is 5.19 Å². The van der Waals surface area contributed by atoms with E-state index in [2.05, 4.69) is 117 Å². The van der Waals surface area contributed by atoms with Crippen molar-refractivity contribution < 1.29 is 24.5 Å². The molecule has 0 aliphatic heterocycles. The van der Waals surface area contributed by atoms with E-state index in [1.54, 1.807) is 0 Å². The summed E-state index contributed by atoms with van der Waals surface area (Å²) in [5, 5.41) is 3.62. The molecule has 5 nitrogen and oxygen atoms in total. The Morgan fingerprint density at radius 3 is 2.40 bits per heavy atom. The first kappa shape index (κ1) is 35.9. The molecule has 3 aromatic carbocycles. The Morgan fingerprint density at radius 1 is 0.900 bits per heavy atom. The topological polar surface area (TPSA) is 56.7 Å². The van der Waals surface area contributed by atoms with Gasteiger partial charge in [-0.1, -0.05) is 93.9 Å². The molecule has 0 saturated heterocycles. The molecule has 0 spiro atoms. The molecule has 1 aliphatic carbocycles. The normalized spacial score (nSPS) is 13.6. The van der Waals surface area contributed by atoms with E-state index in [9.17, 15) is 0 Å². The predicted octanol–water partition coefficient (Wildman–Crippen LogP) is 10.8. The number of furan rings is 1. The maximum Gasteiger partial charge on any atom is 0.216 e. The smallest absolute Gasteiger partial charge is 0.216 e. The van der Waals surface area contributed by atoms with E-state index in [-0.39, 0.29) is 20.1 Å². The number of aromatic nitrogens is 4. The molecule has 4 heterocycles. The Bertz CT molecular complexity index is 2230. The Labute approximate surface area is 310 Å². The van der Waals surface area contributed by atoms with Crippen molar-refractivity contribution in [2.24, 2.45) is 5.92 Å². The number of imidazole rings is 1. The van der Waals surface area contributed by atoms with Crippen molar-refractivity contribution in [1.82, 2.24) is 19.5 Å². The minimum Gasteiger partial charge on any atom is -0.486 e. The fourth-order valence-electron chi connectivity index (χ4n) is 7.31. The van der Waals surface area contributed by atoms with E-state index in [1.807, 2.05) is 30.3 Å². The molecule has 1 aliphatic rings. The van der Waals surface area contributed by atoms with Crippen LogP contribution in [-0.2, 0) is 33.1 Å². The van der Waals surface area contributed by atoms with Crippen LogP contribution in [-0.4, -0.2) is 27.6 Å². The van der Waals surface area contributed by atoms with Crippen LogP contribution in [0.2, 0.25) is 19.6 Å². The van der Waals surface area contributed by atoms with E-state index < -0.39 is 8.07 Å². The van der Waals surface area contributed by atoms with Gasteiger partial charge in [-0.15, -0.1) is 54.1 Å². The van der Waals surface area contributed by atoms with E-state index >= 15 is 0 Å². The molecule has 0 unspecified atom stereocenters. The zero-order valence-electron chi connectivity index (χ0n) is 30.0. The zero-order chi connectivity index (χ0) is 34.1. The van der Waals surface area contributed by atoms with Crippen molar-refractivity contribution in [3.8, 4) is 22.6 Å². The monoisotopic (exact) mass is 855 g/mol. The van der Waals surface area contributed by atoms with Gasteiger partial charge in [-0.3, -0.25) is 4.98 Å². The summed E-state index contributed by atoms with van der Waals surface area (Å²) >= 11 is 0. The molecule has 50 heavy (non-hydrogen) atoms. The minimum atomic E-state index is -1.34. The van der Waals surface area contributed by atoms with Crippen LogP contribution in [0.15, 0.2) is 89.5 Å². The maximum atomic E-state index is 6.34. The number of aryl methyl sites for hydroxylation is 1. The van der Waals surface area contributed by atoms with Gasteiger partial charge in [0.05, 0.1) is 30.5 Å². The fraction of sp³-hybridized carbons (Fsp3) is 0.326. The van der Waals surface area contributed by atoms with Gasteiger partial charge < -0.3 is 14.0 Å². The van der Waals surface area contributed by atoms with E-state index in [0.29, 0.717) is 5.92 Å². The van der Waals surface area contributed by atoms with Crippen LogP contribution >= 0.6 is 0 Å². The molecule has 0 bridgehead atoms. The first-order valence-corrected chi connectivity index (χ1v) is 21.4. The van der Waals surface area contributed by atoms with Crippen LogP contribution in [0.5, 0.6) is 0 Å². The van der Waals surface area contributed by atoms with Gasteiger partial charge in [0.15, 0.2) is 0 Å². The second-order valence-electron chi connectivity index (χ2n) is 14.7. The third-order valence-corrected chi connectivity index (χ3v) is 11.9. The third-order valence-electron chi connectivity index (χ3n) is 9.87. The zero-order valence-corrected chi connectivity index (χ0v) is 33.4. The van der Waals surface area contributed by atoms with Crippen molar-refractivity contribution in [3.05, 3.63) is 108 Å². The van der Waals surface area contributed by atoms with Gasteiger partial charge in [0.2, 0.25) is 5.71 Å². The average Bonchev–Trinajstić information content (AvgIpc) is 3.85. The van der Waals surface area contributed by atoms with Gasteiger partial charge in [0, 0.05) is 43.9 Å². The number of rotatable bonds is 7. The minimum absolute atomic E-state index is 0. The van der Waals surface area contributed by atoms with Crippen molar-refractivity contribution in [3.63, 3.8) is 0 Å². The molecule has 8 rings (SSSR count). The molecule has 4 aromatic heterocycles. The number of pyridine rings is 2. The molecule has 7 aromatic rings. The predicted molar refractivity (Wildman–Crippen MR) is 206 cm³/mol. The Hall–Kier alpha value is -3.90. The first-order chi connectivity index (χ1) is 23.7. The third kappa shape index (κ3) is 7.28. The molecular formula is C43H46IrN4OSi-2. The number of para-hydroxylation sites is 2. The van der Waals surface area contributed by atoms with E-state index in [4.69, 9.17) is 14.4 Å². The molecule has 0 atom stereocenters. The summed E-state index contributed by atoms with van der Waals surface area (Å²) in [6, 6.07) is 33.6. The van der Waals surface area contributed by atoms with Crippen LogP contribution in [0.3, 0.4) is 0 Å². The molecule has 259 valence electrons. The number of benzene rings is 3. The number of fused-ring (bicyclic) bond motifs is 4.